The third-order valence-electron chi connectivity index (χ3n) is 5.85. The Kier molecular flexibility index (Phi) is 3.89. The van der Waals surface area contributed by atoms with Crippen LogP contribution in [0, 0.1) is 11.8 Å². The Hall–Kier alpha value is -0.120. The minimum atomic E-state index is -0.188. The standard InChI is InChI=1S/C16H28O3/c1-15(17-2)7-3-13(4-8-15)14-5-9-16(10-6-14)18-11-12-19-16/h13-14H,3-12H2,1-2H3. The van der Waals surface area contributed by atoms with Gasteiger partial charge in [0.25, 0.3) is 0 Å². The second-order valence-electron chi connectivity index (χ2n) is 6.94. The fraction of sp³-hybridized carbons (Fsp3) is 1.00. The first-order valence-corrected chi connectivity index (χ1v) is 7.98. The number of hydrogen-bond donors (Lipinski definition) is 0. The molecular weight excluding hydrogens is 240 g/mol. The van der Waals surface area contributed by atoms with E-state index >= 15 is 0 Å². The number of methoxy groups -OCH3 is 1. The predicted molar refractivity (Wildman–Crippen MR) is 74.0 cm³/mol. The van der Waals surface area contributed by atoms with Gasteiger partial charge in [0.1, 0.15) is 0 Å². The van der Waals surface area contributed by atoms with Gasteiger partial charge in [-0.25, -0.2) is 0 Å². The lowest BCUT2D eigenvalue weighted by atomic mass is 9.69. The molecule has 3 fully saturated rings. The first-order chi connectivity index (χ1) is 9.15. The Balaban J connectivity index is 1.50. The van der Waals surface area contributed by atoms with Crippen molar-refractivity contribution in [2.75, 3.05) is 20.3 Å². The highest BCUT2D eigenvalue weighted by Crippen LogP contribution is 2.46. The highest BCUT2D eigenvalue weighted by atomic mass is 16.7. The molecule has 2 saturated carbocycles. The summed E-state index contributed by atoms with van der Waals surface area (Å²) in [6.07, 6.45) is 9.91. The first kappa shape index (κ1) is 13.8. The van der Waals surface area contributed by atoms with Crippen molar-refractivity contribution in [2.45, 2.75) is 69.7 Å². The molecule has 3 aliphatic rings. The summed E-state index contributed by atoms with van der Waals surface area (Å²) >= 11 is 0. The van der Waals surface area contributed by atoms with Crippen molar-refractivity contribution in [1.29, 1.82) is 0 Å². The molecule has 0 atom stereocenters. The van der Waals surface area contributed by atoms with Crippen LogP contribution in [-0.4, -0.2) is 31.7 Å². The molecular formula is C16H28O3. The van der Waals surface area contributed by atoms with Gasteiger partial charge in [-0.3, -0.25) is 0 Å². The predicted octanol–water partition coefficient (Wildman–Crippen LogP) is 3.52. The monoisotopic (exact) mass is 268 g/mol. The number of rotatable bonds is 2. The van der Waals surface area contributed by atoms with E-state index in [1.54, 1.807) is 0 Å². The van der Waals surface area contributed by atoms with Gasteiger partial charge in [0, 0.05) is 20.0 Å². The van der Waals surface area contributed by atoms with Crippen LogP contribution in [-0.2, 0) is 14.2 Å². The van der Waals surface area contributed by atoms with Crippen LogP contribution in [0.5, 0.6) is 0 Å². The van der Waals surface area contributed by atoms with Crippen molar-refractivity contribution in [3.05, 3.63) is 0 Å². The second-order valence-corrected chi connectivity index (χ2v) is 6.94. The minimum absolute atomic E-state index is 0.143. The van der Waals surface area contributed by atoms with Crippen LogP contribution in [0.15, 0.2) is 0 Å². The lowest BCUT2D eigenvalue weighted by Crippen LogP contribution is -2.39. The van der Waals surface area contributed by atoms with Gasteiger partial charge in [0.2, 0.25) is 0 Å². The molecule has 3 nitrogen and oxygen atoms in total. The Morgan fingerprint density at radius 2 is 1.32 bits per heavy atom. The second kappa shape index (κ2) is 5.34. The molecule has 0 aromatic rings. The Bertz CT molecular complexity index is 291. The van der Waals surface area contributed by atoms with E-state index in [0.717, 1.165) is 37.9 Å². The molecule has 1 heterocycles. The quantitative estimate of drug-likeness (QED) is 0.767. The number of hydrogen-bond acceptors (Lipinski definition) is 3. The molecule has 1 spiro atoms. The summed E-state index contributed by atoms with van der Waals surface area (Å²) in [6.45, 7) is 3.85. The van der Waals surface area contributed by atoms with Crippen molar-refractivity contribution >= 4 is 0 Å². The van der Waals surface area contributed by atoms with Gasteiger partial charge in [0.15, 0.2) is 5.79 Å². The first-order valence-electron chi connectivity index (χ1n) is 7.98. The Morgan fingerprint density at radius 1 is 0.842 bits per heavy atom. The van der Waals surface area contributed by atoms with E-state index in [2.05, 4.69) is 6.92 Å². The van der Waals surface area contributed by atoms with Crippen molar-refractivity contribution < 1.29 is 14.2 Å². The van der Waals surface area contributed by atoms with E-state index in [9.17, 15) is 0 Å². The molecule has 2 aliphatic carbocycles. The highest BCUT2D eigenvalue weighted by molar-refractivity contribution is 4.90. The fourth-order valence-corrected chi connectivity index (χ4v) is 4.26. The maximum atomic E-state index is 5.83. The molecule has 1 saturated heterocycles. The molecule has 1 aliphatic heterocycles. The fourth-order valence-electron chi connectivity index (χ4n) is 4.26. The van der Waals surface area contributed by atoms with E-state index < -0.39 is 0 Å². The van der Waals surface area contributed by atoms with E-state index in [4.69, 9.17) is 14.2 Å². The molecule has 0 N–H and O–H groups in total. The molecule has 0 unspecified atom stereocenters. The number of ether oxygens (including phenoxy) is 3. The molecule has 0 bridgehead atoms. The summed E-state index contributed by atoms with van der Waals surface area (Å²) in [7, 11) is 1.86. The lowest BCUT2D eigenvalue weighted by molar-refractivity contribution is -0.186. The topological polar surface area (TPSA) is 27.7 Å². The molecule has 0 aromatic carbocycles. The smallest absolute Gasteiger partial charge is 0.168 e. The molecule has 0 radical (unpaired) electrons. The van der Waals surface area contributed by atoms with E-state index in [1.807, 2.05) is 7.11 Å². The third-order valence-corrected chi connectivity index (χ3v) is 5.85. The van der Waals surface area contributed by atoms with Gasteiger partial charge in [-0.15, -0.1) is 0 Å². The molecule has 0 aromatic heterocycles. The Morgan fingerprint density at radius 3 is 1.79 bits per heavy atom. The minimum Gasteiger partial charge on any atom is -0.379 e. The highest BCUT2D eigenvalue weighted by Gasteiger charge is 2.43. The van der Waals surface area contributed by atoms with Crippen LogP contribution in [0.3, 0.4) is 0 Å². The van der Waals surface area contributed by atoms with Crippen molar-refractivity contribution in [2.24, 2.45) is 11.8 Å². The van der Waals surface area contributed by atoms with Gasteiger partial charge in [-0.2, -0.15) is 0 Å². The van der Waals surface area contributed by atoms with Crippen LogP contribution in [0.25, 0.3) is 0 Å². The normalized spacial score (nSPS) is 39.8. The van der Waals surface area contributed by atoms with Gasteiger partial charge in [-0.05, 0) is 57.3 Å². The summed E-state index contributed by atoms with van der Waals surface area (Å²) < 4.78 is 17.3. The van der Waals surface area contributed by atoms with Gasteiger partial charge in [-0.1, -0.05) is 0 Å². The van der Waals surface area contributed by atoms with Crippen molar-refractivity contribution in [1.82, 2.24) is 0 Å². The SMILES string of the molecule is COC1(C)CCC(C2CCC3(CC2)OCCO3)CC1. The summed E-state index contributed by atoms with van der Waals surface area (Å²) in [6, 6.07) is 0. The third kappa shape index (κ3) is 2.84. The molecule has 110 valence electrons. The van der Waals surface area contributed by atoms with Crippen molar-refractivity contribution in [3.8, 4) is 0 Å². The van der Waals surface area contributed by atoms with E-state index in [-0.39, 0.29) is 11.4 Å². The molecule has 3 heteroatoms. The van der Waals surface area contributed by atoms with Crippen LogP contribution >= 0.6 is 0 Å². The van der Waals surface area contributed by atoms with E-state index in [1.165, 1.54) is 38.5 Å². The zero-order valence-electron chi connectivity index (χ0n) is 12.5. The summed E-state index contributed by atoms with van der Waals surface area (Å²) in [5.74, 6) is 1.61. The van der Waals surface area contributed by atoms with Crippen LogP contribution in [0.1, 0.15) is 58.3 Å². The molecule has 3 rings (SSSR count). The van der Waals surface area contributed by atoms with Crippen LogP contribution in [0.2, 0.25) is 0 Å². The summed E-state index contributed by atoms with van der Waals surface area (Å²) in [5, 5.41) is 0. The summed E-state index contributed by atoms with van der Waals surface area (Å²) in [4.78, 5) is 0. The molecule has 0 amide bonds. The largest absolute Gasteiger partial charge is 0.379 e. The lowest BCUT2D eigenvalue weighted by Gasteiger charge is -2.43. The van der Waals surface area contributed by atoms with Gasteiger partial charge in [0.05, 0.1) is 18.8 Å². The van der Waals surface area contributed by atoms with Crippen LogP contribution in [0.4, 0.5) is 0 Å². The van der Waals surface area contributed by atoms with Crippen LogP contribution < -0.4 is 0 Å². The van der Waals surface area contributed by atoms with Crippen molar-refractivity contribution in [3.63, 3.8) is 0 Å². The van der Waals surface area contributed by atoms with Gasteiger partial charge < -0.3 is 14.2 Å². The average Bonchev–Trinajstić information content (AvgIpc) is 2.89. The molecule has 19 heavy (non-hydrogen) atoms. The van der Waals surface area contributed by atoms with E-state index in [0.29, 0.717) is 0 Å². The van der Waals surface area contributed by atoms with Gasteiger partial charge >= 0.3 is 0 Å². The zero-order chi connectivity index (χ0) is 13.3. The maximum absolute atomic E-state index is 5.83. The summed E-state index contributed by atoms with van der Waals surface area (Å²) in [5.41, 5.74) is 0.143. The Labute approximate surface area is 117 Å². The maximum Gasteiger partial charge on any atom is 0.168 e. The zero-order valence-corrected chi connectivity index (χ0v) is 12.5. The average molecular weight is 268 g/mol.